The highest BCUT2D eigenvalue weighted by atomic mass is 79.9. The SMILES string of the molecule is CCCCCCC(=O)N1C(C)C(c2ccccc2)C(C(=O)c2ccccc2)C12C(=O)Nc1ccc(Br)cc12. The minimum Gasteiger partial charge on any atom is -0.323 e. The predicted octanol–water partition coefficient (Wildman–Crippen LogP) is 7.08. The van der Waals surface area contributed by atoms with E-state index in [1.807, 2.05) is 73.7 Å². The van der Waals surface area contributed by atoms with Gasteiger partial charge in [-0.05, 0) is 37.1 Å². The number of Topliss-reactive ketones (excluding diaryl/α,β-unsaturated/α-hetero) is 1. The minimum absolute atomic E-state index is 0.0825. The summed E-state index contributed by atoms with van der Waals surface area (Å²) in [7, 11) is 0. The maximum absolute atomic E-state index is 14.5. The molecule has 1 spiro atoms. The number of rotatable bonds is 8. The molecule has 3 aromatic carbocycles. The summed E-state index contributed by atoms with van der Waals surface area (Å²) in [6.45, 7) is 4.13. The van der Waals surface area contributed by atoms with Crippen molar-refractivity contribution in [2.75, 3.05) is 5.32 Å². The number of carbonyl (C=O) groups excluding carboxylic acids is 3. The molecule has 0 radical (unpaired) electrons. The van der Waals surface area contributed by atoms with Gasteiger partial charge in [-0.15, -0.1) is 0 Å². The van der Waals surface area contributed by atoms with Crippen LogP contribution in [0.25, 0.3) is 0 Å². The van der Waals surface area contributed by atoms with Crippen molar-refractivity contribution in [1.82, 2.24) is 4.90 Å². The summed E-state index contributed by atoms with van der Waals surface area (Å²) < 4.78 is 0.796. The van der Waals surface area contributed by atoms with Crippen LogP contribution < -0.4 is 5.32 Å². The van der Waals surface area contributed by atoms with Crippen LogP contribution in [0.2, 0.25) is 0 Å². The Morgan fingerprint density at radius 3 is 2.32 bits per heavy atom. The molecule has 2 amide bonds. The molecule has 5 rings (SSSR count). The molecule has 1 N–H and O–H groups in total. The molecule has 1 fully saturated rings. The molecule has 5 nitrogen and oxygen atoms in total. The first-order chi connectivity index (χ1) is 18.4. The van der Waals surface area contributed by atoms with Crippen molar-refractivity contribution in [3.63, 3.8) is 0 Å². The van der Waals surface area contributed by atoms with E-state index in [4.69, 9.17) is 0 Å². The number of amides is 2. The second-order valence-corrected chi connectivity index (χ2v) is 11.3. The minimum atomic E-state index is -1.45. The van der Waals surface area contributed by atoms with Crippen molar-refractivity contribution in [3.05, 3.63) is 100 Å². The van der Waals surface area contributed by atoms with E-state index in [1.54, 1.807) is 17.0 Å². The molecule has 6 heteroatoms. The van der Waals surface area contributed by atoms with Gasteiger partial charge in [-0.25, -0.2) is 0 Å². The number of likely N-dealkylation sites (tertiary alicyclic amines) is 1. The molecule has 0 saturated carbocycles. The highest BCUT2D eigenvalue weighted by Gasteiger charge is 2.69. The normalized spacial score (nSPS) is 23.9. The first-order valence-electron chi connectivity index (χ1n) is 13.5. The number of halogens is 1. The number of anilines is 1. The molecule has 3 aromatic rings. The second kappa shape index (κ2) is 10.9. The number of nitrogens with one attached hydrogen (secondary N) is 1. The quantitative estimate of drug-likeness (QED) is 0.231. The number of hydrogen-bond acceptors (Lipinski definition) is 3. The Labute approximate surface area is 232 Å². The van der Waals surface area contributed by atoms with Crippen molar-refractivity contribution < 1.29 is 14.4 Å². The zero-order valence-electron chi connectivity index (χ0n) is 21.8. The molecular formula is C32H33BrN2O3. The van der Waals surface area contributed by atoms with Crippen LogP contribution in [0.5, 0.6) is 0 Å². The Balaban J connectivity index is 1.74. The second-order valence-electron chi connectivity index (χ2n) is 10.4. The van der Waals surface area contributed by atoms with Crippen molar-refractivity contribution in [3.8, 4) is 0 Å². The van der Waals surface area contributed by atoms with Gasteiger partial charge >= 0.3 is 0 Å². The van der Waals surface area contributed by atoms with Gasteiger partial charge in [-0.1, -0.05) is 103 Å². The number of benzene rings is 3. The summed E-state index contributed by atoms with van der Waals surface area (Å²) in [5.74, 6) is -1.68. The highest BCUT2D eigenvalue weighted by molar-refractivity contribution is 9.10. The molecule has 2 aliphatic heterocycles. The third kappa shape index (κ3) is 4.29. The smallest absolute Gasteiger partial charge is 0.255 e. The number of fused-ring (bicyclic) bond motifs is 2. The number of ketones is 1. The monoisotopic (exact) mass is 572 g/mol. The van der Waals surface area contributed by atoms with Crippen LogP contribution in [0.3, 0.4) is 0 Å². The lowest BCUT2D eigenvalue weighted by Gasteiger charge is -2.38. The molecule has 2 aliphatic rings. The lowest BCUT2D eigenvalue weighted by atomic mass is 9.69. The summed E-state index contributed by atoms with van der Waals surface area (Å²) in [5, 5.41) is 3.04. The maximum atomic E-state index is 14.5. The van der Waals surface area contributed by atoms with E-state index in [0.29, 0.717) is 23.2 Å². The molecule has 4 atom stereocenters. The highest BCUT2D eigenvalue weighted by Crippen LogP contribution is 2.59. The van der Waals surface area contributed by atoms with Crippen LogP contribution in [-0.4, -0.2) is 28.5 Å². The molecule has 0 aliphatic carbocycles. The van der Waals surface area contributed by atoms with E-state index in [0.717, 1.165) is 35.7 Å². The molecule has 1 saturated heterocycles. The summed E-state index contributed by atoms with van der Waals surface area (Å²) in [4.78, 5) is 44.7. The van der Waals surface area contributed by atoms with E-state index < -0.39 is 11.5 Å². The number of unbranched alkanes of at least 4 members (excludes halogenated alkanes) is 3. The fourth-order valence-electron chi connectivity index (χ4n) is 6.53. The van der Waals surface area contributed by atoms with Crippen molar-refractivity contribution in [2.45, 2.75) is 63.5 Å². The van der Waals surface area contributed by atoms with Gasteiger partial charge in [0.15, 0.2) is 11.3 Å². The Morgan fingerprint density at radius 2 is 1.63 bits per heavy atom. The number of nitrogens with zero attached hydrogens (tertiary/aromatic N) is 1. The molecule has 4 unspecified atom stereocenters. The van der Waals surface area contributed by atoms with Crippen LogP contribution in [0, 0.1) is 5.92 Å². The third-order valence-corrected chi connectivity index (χ3v) is 8.63. The van der Waals surface area contributed by atoms with Gasteiger partial charge in [0.1, 0.15) is 0 Å². The van der Waals surface area contributed by atoms with Gasteiger partial charge in [-0.3, -0.25) is 14.4 Å². The average molecular weight is 574 g/mol. The first-order valence-corrected chi connectivity index (χ1v) is 14.3. The molecule has 0 bridgehead atoms. The van der Waals surface area contributed by atoms with Crippen LogP contribution in [0.15, 0.2) is 83.3 Å². The zero-order chi connectivity index (χ0) is 26.9. The van der Waals surface area contributed by atoms with E-state index in [1.165, 1.54) is 0 Å². The third-order valence-electron chi connectivity index (χ3n) is 8.14. The van der Waals surface area contributed by atoms with E-state index in [-0.39, 0.29) is 29.6 Å². The molecule has 2 heterocycles. The van der Waals surface area contributed by atoms with E-state index in [9.17, 15) is 14.4 Å². The van der Waals surface area contributed by atoms with Crippen LogP contribution in [-0.2, 0) is 15.1 Å². The van der Waals surface area contributed by atoms with E-state index in [2.05, 4.69) is 28.2 Å². The predicted molar refractivity (Wildman–Crippen MR) is 153 cm³/mol. The van der Waals surface area contributed by atoms with E-state index >= 15 is 0 Å². The fraction of sp³-hybridized carbons (Fsp3) is 0.344. The lowest BCUT2D eigenvalue weighted by molar-refractivity contribution is -0.145. The fourth-order valence-corrected chi connectivity index (χ4v) is 6.89. The topological polar surface area (TPSA) is 66.5 Å². The zero-order valence-corrected chi connectivity index (χ0v) is 23.4. The summed E-state index contributed by atoms with van der Waals surface area (Å²) in [6.07, 6.45) is 4.20. The Hall–Kier alpha value is -3.25. The molecule has 196 valence electrons. The van der Waals surface area contributed by atoms with Crippen LogP contribution in [0.1, 0.15) is 73.4 Å². The van der Waals surface area contributed by atoms with Gasteiger partial charge < -0.3 is 10.2 Å². The van der Waals surface area contributed by atoms with Gasteiger partial charge in [0.05, 0.1) is 5.92 Å². The molecule has 0 aromatic heterocycles. The van der Waals surface area contributed by atoms with Crippen molar-refractivity contribution in [2.24, 2.45) is 5.92 Å². The maximum Gasteiger partial charge on any atom is 0.255 e. The van der Waals surface area contributed by atoms with Gasteiger partial charge in [0, 0.05) is 39.7 Å². The standard InChI is InChI=1S/C32H33BrN2O3/c1-3-4-5-12-17-27(36)35-21(2)28(22-13-8-6-9-14-22)29(30(37)23-15-10-7-11-16-23)32(35)25-20-24(33)18-19-26(25)34-31(32)38/h6-11,13-16,18-21,28-29H,3-5,12,17H2,1-2H3,(H,34,38). The Bertz CT molecular complexity index is 1340. The van der Waals surface area contributed by atoms with Gasteiger partial charge in [0.2, 0.25) is 5.91 Å². The number of carbonyl (C=O) groups is 3. The molecule has 38 heavy (non-hydrogen) atoms. The first kappa shape index (κ1) is 26.4. The number of hydrogen-bond donors (Lipinski definition) is 1. The Morgan fingerprint density at radius 1 is 0.947 bits per heavy atom. The average Bonchev–Trinajstić information content (AvgIpc) is 3.37. The summed E-state index contributed by atoms with van der Waals surface area (Å²) in [5.41, 5.74) is 1.37. The largest absolute Gasteiger partial charge is 0.323 e. The molecular weight excluding hydrogens is 540 g/mol. The lowest BCUT2D eigenvalue weighted by Crippen LogP contribution is -2.56. The van der Waals surface area contributed by atoms with Gasteiger partial charge in [0.25, 0.3) is 5.91 Å². The van der Waals surface area contributed by atoms with Gasteiger partial charge in [-0.2, -0.15) is 0 Å². The Kier molecular flexibility index (Phi) is 7.53. The van der Waals surface area contributed by atoms with Crippen molar-refractivity contribution >= 4 is 39.2 Å². The van der Waals surface area contributed by atoms with Crippen LogP contribution in [0.4, 0.5) is 5.69 Å². The summed E-state index contributed by atoms with van der Waals surface area (Å²) >= 11 is 3.58. The van der Waals surface area contributed by atoms with Crippen molar-refractivity contribution in [1.29, 1.82) is 0 Å². The summed E-state index contributed by atoms with van der Waals surface area (Å²) in [6, 6.07) is 24.2. The van der Waals surface area contributed by atoms with Crippen LogP contribution >= 0.6 is 15.9 Å².